The Morgan fingerprint density at radius 3 is 2.88 bits per heavy atom. The molecule has 3 nitrogen and oxygen atoms in total. The second kappa shape index (κ2) is 5.02. The summed E-state index contributed by atoms with van der Waals surface area (Å²) in [6, 6.07) is 2.11. The summed E-state index contributed by atoms with van der Waals surface area (Å²) in [6.07, 6.45) is 2.84. The molecular weight excluding hydrogens is 230 g/mol. The van der Waals surface area contributed by atoms with Crippen LogP contribution < -0.4 is 5.32 Å². The lowest BCUT2D eigenvalue weighted by molar-refractivity contribution is 0.427. The largest absolute Gasteiger partial charge is 0.342 e. The molecule has 4 heteroatoms. The Labute approximate surface area is 106 Å². The van der Waals surface area contributed by atoms with E-state index < -0.39 is 0 Å². The van der Waals surface area contributed by atoms with E-state index in [-0.39, 0.29) is 5.54 Å². The van der Waals surface area contributed by atoms with Crippen molar-refractivity contribution in [2.75, 3.05) is 6.54 Å². The van der Waals surface area contributed by atoms with Gasteiger partial charge >= 0.3 is 0 Å². The molecule has 0 radical (unpaired) electrons. The first-order valence-electron chi connectivity index (χ1n) is 5.86. The minimum atomic E-state index is 0.169. The summed E-state index contributed by atoms with van der Waals surface area (Å²) in [5.41, 5.74) is 2.50. The van der Waals surface area contributed by atoms with Crippen molar-refractivity contribution in [3.05, 3.63) is 28.8 Å². The van der Waals surface area contributed by atoms with Gasteiger partial charge in [-0.05, 0) is 32.2 Å². The number of aromatic nitrogens is 2. The summed E-state index contributed by atoms with van der Waals surface area (Å²) in [4.78, 5) is 7.76. The molecule has 17 heavy (non-hydrogen) atoms. The Morgan fingerprint density at radius 1 is 1.41 bits per heavy atom. The van der Waals surface area contributed by atoms with Crippen LogP contribution in [0.2, 0.25) is 0 Å². The van der Waals surface area contributed by atoms with Crippen LogP contribution in [0.3, 0.4) is 0 Å². The van der Waals surface area contributed by atoms with Gasteiger partial charge in [0, 0.05) is 29.4 Å². The first kappa shape index (κ1) is 12.3. The number of nitrogens with zero attached hydrogens (tertiary/aromatic N) is 1. The van der Waals surface area contributed by atoms with Gasteiger partial charge in [0.2, 0.25) is 0 Å². The lowest BCUT2D eigenvalue weighted by Crippen LogP contribution is -2.37. The van der Waals surface area contributed by atoms with Crippen molar-refractivity contribution in [2.24, 2.45) is 0 Å². The number of rotatable bonds is 4. The van der Waals surface area contributed by atoms with Crippen molar-refractivity contribution in [2.45, 2.75) is 32.7 Å². The molecule has 0 saturated heterocycles. The van der Waals surface area contributed by atoms with Crippen LogP contribution in [0.15, 0.2) is 23.0 Å². The second-order valence-corrected chi connectivity index (χ2v) is 5.96. The molecule has 0 aliphatic heterocycles. The van der Waals surface area contributed by atoms with Gasteiger partial charge in [0.25, 0.3) is 0 Å². The molecular formula is C13H19N3S. The zero-order valence-electron chi connectivity index (χ0n) is 10.6. The van der Waals surface area contributed by atoms with Gasteiger partial charge in [-0.1, -0.05) is 0 Å². The highest BCUT2D eigenvalue weighted by Crippen LogP contribution is 2.19. The third kappa shape index (κ3) is 3.68. The Bertz CT molecular complexity index is 451. The van der Waals surface area contributed by atoms with Crippen LogP contribution in [0.4, 0.5) is 0 Å². The Hall–Kier alpha value is -1.13. The van der Waals surface area contributed by atoms with Crippen molar-refractivity contribution in [1.82, 2.24) is 15.3 Å². The number of hydrogen-bond donors (Lipinski definition) is 2. The molecule has 0 atom stereocenters. The van der Waals surface area contributed by atoms with Crippen molar-refractivity contribution in [3.63, 3.8) is 0 Å². The molecule has 2 heterocycles. The van der Waals surface area contributed by atoms with E-state index >= 15 is 0 Å². The van der Waals surface area contributed by atoms with E-state index in [0.717, 1.165) is 24.5 Å². The maximum atomic E-state index is 4.40. The van der Waals surface area contributed by atoms with Crippen LogP contribution in [0, 0.1) is 0 Å². The Morgan fingerprint density at radius 2 is 2.24 bits per heavy atom. The molecule has 0 saturated carbocycles. The first-order chi connectivity index (χ1) is 8.04. The molecule has 2 aromatic heterocycles. The van der Waals surface area contributed by atoms with Gasteiger partial charge in [-0.25, -0.2) is 4.98 Å². The van der Waals surface area contributed by atoms with E-state index in [0.29, 0.717) is 0 Å². The SMILES string of the molecule is CC(C)(C)NCCc1ncc(-c2ccsc2)[nH]1. The van der Waals surface area contributed by atoms with Crippen LogP contribution in [-0.2, 0) is 6.42 Å². The lowest BCUT2D eigenvalue weighted by atomic mass is 10.1. The molecule has 2 rings (SSSR count). The molecule has 2 N–H and O–H groups in total. The van der Waals surface area contributed by atoms with Crippen LogP contribution in [0.5, 0.6) is 0 Å². The van der Waals surface area contributed by atoms with E-state index in [9.17, 15) is 0 Å². The first-order valence-corrected chi connectivity index (χ1v) is 6.80. The molecule has 0 amide bonds. The van der Waals surface area contributed by atoms with Crippen LogP contribution in [0.1, 0.15) is 26.6 Å². The average molecular weight is 249 g/mol. The molecule has 0 aliphatic carbocycles. The summed E-state index contributed by atoms with van der Waals surface area (Å²) in [6.45, 7) is 7.46. The quantitative estimate of drug-likeness (QED) is 0.874. The molecule has 92 valence electrons. The highest BCUT2D eigenvalue weighted by molar-refractivity contribution is 7.08. The van der Waals surface area contributed by atoms with Gasteiger partial charge in [0.05, 0.1) is 11.9 Å². The number of hydrogen-bond acceptors (Lipinski definition) is 3. The summed E-state index contributed by atoms with van der Waals surface area (Å²) < 4.78 is 0. The maximum Gasteiger partial charge on any atom is 0.107 e. The third-order valence-corrected chi connectivity index (χ3v) is 3.16. The lowest BCUT2D eigenvalue weighted by Gasteiger charge is -2.19. The zero-order valence-corrected chi connectivity index (χ0v) is 11.4. The number of imidazole rings is 1. The topological polar surface area (TPSA) is 40.7 Å². The molecule has 2 aromatic rings. The summed E-state index contributed by atoms with van der Waals surface area (Å²) >= 11 is 1.70. The summed E-state index contributed by atoms with van der Waals surface area (Å²) in [5, 5.41) is 7.67. The Balaban J connectivity index is 1.91. The van der Waals surface area contributed by atoms with Gasteiger partial charge in [0.15, 0.2) is 0 Å². The predicted molar refractivity (Wildman–Crippen MR) is 73.4 cm³/mol. The van der Waals surface area contributed by atoms with Gasteiger partial charge in [0.1, 0.15) is 5.82 Å². The van der Waals surface area contributed by atoms with Gasteiger partial charge in [-0.2, -0.15) is 11.3 Å². The predicted octanol–water partition coefficient (Wildman–Crippen LogP) is 3.07. The number of thiophene rings is 1. The van der Waals surface area contributed by atoms with E-state index in [1.807, 2.05) is 6.20 Å². The normalized spacial score (nSPS) is 11.9. The second-order valence-electron chi connectivity index (χ2n) is 5.18. The molecule has 0 unspecified atom stereocenters. The number of H-pyrrole nitrogens is 1. The smallest absolute Gasteiger partial charge is 0.107 e. The fourth-order valence-corrected chi connectivity index (χ4v) is 2.27. The fraction of sp³-hybridized carbons (Fsp3) is 0.462. The zero-order chi connectivity index (χ0) is 12.3. The average Bonchev–Trinajstić information content (AvgIpc) is 2.83. The van der Waals surface area contributed by atoms with E-state index in [1.165, 1.54) is 5.56 Å². The monoisotopic (exact) mass is 249 g/mol. The number of nitrogens with one attached hydrogen (secondary N) is 2. The van der Waals surface area contributed by atoms with Crippen molar-refractivity contribution >= 4 is 11.3 Å². The standard InChI is InChI=1S/C13H19N3S/c1-13(2,3)15-6-4-12-14-8-11(16-12)10-5-7-17-9-10/h5,7-9,15H,4,6H2,1-3H3,(H,14,16). The van der Waals surface area contributed by atoms with Crippen LogP contribution in [0.25, 0.3) is 11.3 Å². The molecule has 0 spiro atoms. The van der Waals surface area contributed by atoms with Gasteiger partial charge in [-0.15, -0.1) is 0 Å². The van der Waals surface area contributed by atoms with Gasteiger partial charge < -0.3 is 10.3 Å². The molecule has 0 aliphatic rings. The third-order valence-electron chi connectivity index (χ3n) is 2.48. The highest BCUT2D eigenvalue weighted by atomic mass is 32.1. The minimum Gasteiger partial charge on any atom is -0.342 e. The van der Waals surface area contributed by atoms with Crippen molar-refractivity contribution in [1.29, 1.82) is 0 Å². The van der Waals surface area contributed by atoms with Gasteiger partial charge in [-0.3, -0.25) is 0 Å². The van der Waals surface area contributed by atoms with Crippen LogP contribution in [-0.4, -0.2) is 22.1 Å². The molecule has 0 bridgehead atoms. The fourth-order valence-electron chi connectivity index (χ4n) is 1.61. The summed E-state index contributed by atoms with van der Waals surface area (Å²) in [7, 11) is 0. The minimum absolute atomic E-state index is 0.169. The summed E-state index contributed by atoms with van der Waals surface area (Å²) in [5.74, 6) is 1.04. The molecule has 0 fully saturated rings. The van der Waals surface area contributed by atoms with E-state index in [1.54, 1.807) is 11.3 Å². The number of aromatic amines is 1. The van der Waals surface area contributed by atoms with Crippen molar-refractivity contribution < 1.29 is 0 Å². The maximum absolute atomic E-state index is 4.40. The van der Waals surface area contributed by atoms with E-state index in [4.69, 9.17) is 0 Å². The van der Waals surface area contributed by atoms with E-state index in [2.05, 4.69) is 52.9 Å². The van der Waals surface area contributed by atoms with Crippen molar-refractivity contribution in [3.8, 4) is 11.3 Å². The Kier molecular flexibility index (Phi) is 3.64. The highest BCUT2D eigenvalue weighted by Gasteiger charge is 2.09. The molecule has 0 aromatic carbocycles. The van der Waals surface area contributed by atoms with Crippen LogP contribution >= 0.6 is 11.3 Å².